The number of phenolic OH excluding ortho intramolecular Hbond substituents is 1. The number of halogens is 1. The topological polar surface area (TPSA) is 56.7 Å². The highest BCUT2D eigenvalue weighted by Gasteiger charge is 2.20. The molecule has 0 spiro atoms. The second-order valence-corrected chi connectivity index (χ2v) is 4.69. The van der Waals surface area contributed by atoms with Crippen LogP contribution >= 0.6 is 24.0 Å². The lowest BCUT2D eigenvalue weighted by molar-refractivity contribution is 0.474. The molecule has 3 N–H and O–H groups in total. The SMILES string of the molecule is CCNC(=NCc1cccc(O)c1)NCC1CC1.I. The molecule has 1 saturated carbocycles. The van der Waals surface area contributed by atoms with Gasteiger partial charge in [0.1, 0.15) is 5.75 Å². The minimum atomic E-state index is 0. The summed E-state index contributed by atoms with van der Waals surface area (Å²) >= 11 is 0. The van der Waals surface area contributed by atoms with Gasteiger partial charge in [-0.15, -0.1) is 24.0 Å². The van der Waals surface area contributed by atoms with Gasteiger partial charge in [-0.3, -0.25) is 0 Å². The van der Waals surface area contributed by atoms with Crippen LogP contribution in [0, 0.1) is 5.92 Å². The summed E-state index contributed by atoms with van der Waals surface area (Å²) in [6.07, 6.45) is 2.66. The Balaban J connectivity index is 0.00000180. The van der Waals surface area contributed by atoms with E-state index in [2.05, 4.69) is 22.5 Å². The summed E-state index contributed by atoms with van der Waals surface area (Å²) in [6.45, 7) is 4.50. The van der Waals surface area contributed by atoms with Crippen LogP contribution in [0.1, 0.15) is 25.3 Å². The summed E-state index contributed by atoms with van der Waals surface area (Å²) < 4.78 is 0. The summed E-state index contributed by atoms with van der Waals surface area (Å²) in [5.41, 5.74) is 1.01. The molecule has 1 aliphatic rings. The molecular weight excluding hydrogens is 353 g/mol. The number of phenols is 1. The van der Waals surface area contributed by atoms with Gasteiger partial charge in [0.25, 0.3) is 0 Å². The average molecular weight is 375 g/mol. The maximum Gasteiger partial charge on any atom is 0.191 e. The van der Waals surface area contributed by atoms with Gasteiger partial charge in [0.15, 0.2) is 5.96 Å². The maximum absolute atomic E-state index is 9.39. The Hall–Kier alpha value is -0.980. The Morgan fingerprint density at radius 3 is 2.79 bits per heavy atom. The molecule has 106 valence electrons. The minimum absolute atomic E-state index is 0. The lowest BCUT2D eigenvalue weighted by Crippen LogP contribution is -2.38. The number of hydrogen-bond donors (Lipinski definition) is 3. The number of benzene rings is 1. The van der Waals surface area contributed by atoms with Crippen molar-refractivity contribution in [2.24, 2.45) is 10.9 Å². The van der Waals surface area contributed by atoms with Crippen LogP contribution < -0.4 is 10.6 Å². The van der Waals surface area contributed by atoms with E-state index in [1.807, 2.05) is 12.1 Å². The van der Waals surface area contributed by atoms with Gasteiger partial charge >= 0.3 is 0 Å². The second kappa shape index (κ2) is 8.24. The van der Waals surface area contributed by atoms with Crippen molar-refractivity contribution in [3.63, 3.8) is 0 Å². The molecule has 0 saturated heterocycles. The quantitative estimate of drug-likeness (QED) is 0.421. The van der Waals surface area contributed by atoms with E-state index in [-0.39, 0.29) is 24.0 Å². The first-order chi connectivity index (χ1) is 8.78. The summed E-state index contributed by atoms with van der Waals surface area (Å²) in [4.78, 5) is 4.51. The molecule has 0 aliphatic heterocycles. The summed E-state index contributed by atoms with van der Waals surface area (Å²) in [7, 11) is 0. The molecule has 1 aliphatic carbocycles. The highest BCUT2D eigenvalue weighted by Crippen LogP contribution is 2.27. The van der Waals surface area contributed by atoms with Crippen molar-refractivity contribution in [2.45, 2.75) is 26.3 Å². The maximum atomic E-state index is 9.39. The van der Waals surface area contributed by atoms with Gasteiger partial charge in [0, 0.05) is 13.1 Å². The van der Waals surface area contributed by atoms with Gasteiger partial charge in [-0.1, -0.05) is 12.1 Å². The van der Waals surface area contributed by atoms with Gasteiger partial charge in [0.2, 0.25) is 0 Å². The third kappa shape index (κ3) is 6.13. The average Bonchev–Trinajstić information content (AvgIpc) is 3.17. The number of aromatic hydroxyl groups is 1. The molecule has 0 amide bonds. The van der Waals surface area contributed by atoms with Crippen molar-refractivity contribution in [3.05, 3.63) is 29.8 Å². The molecule has 0 heterocycles. The Bertz CT molecular complexity index is 419. The molecule has 0 unspecified atom stereocenters. The van der Waals surface area contributed by atoms with Crippen LogP contribution in [0.25, 0.3) is 0 Å². The van der Waals surface area contributed by atoms with Gasteiger partial charge in [0.05, 0.1) is 6.54 Å². The molecule has 0 aromatic heterocycles. The van der Waals surface area contributed by atoms with Crippen molar-refractivity contribution in [1.82, 2.24) is 10.6 Å². The molecular formula is C14H22IN3O. The van der Waals surface area contributed by atoms with E-state index in [1.165, 1.54) is 12.8 Å². The Labute approximate surface area is 131 Å². The zero-order valence-electron chi connectivity index (χ0n) is 11.2. The van der Waals surface area contributed by atoms with Gasteiger partial charge in [-0.05, 0) is 43.4 Å². The fraction of sp³-hybridized carbons (Fsp3) is 0.500. The number of nitrogens with zero attached hydrogens (tertiary/aromatic N) is 1. The first-order valence-corrected chi connectivity index (χ1v) is 6.58. The largest absolute Gasteiger partial charge is 0.508 e. The number of rotatable bonds is 5. The van der Waals surface area contributed by atoms with Crippen LogP contribution in [0.2, 0.25) is 0 Å². The van der Waals surface area contributed by atoms with Crippen molar-refractivity contribution in [3.8, 4) is 5.75 Å². The molecule has 4 nitrogen and oxygen atoms in total. The summed E-state index contributed by atoms with van der Waals surface area (Å²) in [5, 5.41) is 16.0. The molecule has 1 aromatic carbocycles. The predicted octanol–water partition coefficient (Wildman–Crippen LogP) is 2.48. The number of aliphatic imine (C=N–C) groups is 1. The smallest absolute Gasteiger partial charge is 0.191 e. The Morgan fingerprint density at radius 2 is 2.16 bits per heavy atom. The van der Waals surface area contributed by atoms with Crippen LogP contribution in [-0.2, 0) is 6.54 Å². The lowest BCUT2D eigenvalue weighted by atomic mass is 10.2. The van der Waals surface area contributed by atoms with Crippen molar-refractivity contribution >= 4 is 29.9 Å². The molecule has 0 atom stereocenters. The first kappa shape index (κ1) is 16.1. The molecule has 19 heavy (non-hydrogen) atoms. The zero-order chi connectivity index (χ0) is 12.8. The number of hydrogen-bond acceptors (Lipinski definition) is 2. The van der Waals surface area contributed by atoms with Gasteiger partial charge in [-0.25, -0.2) is 4.99 Å². The minimum Gasteiger partial charge on any atom is -0.508 e. The van der Waals surface area contributed by atoms with Gasteiger partial charge < -0.3 is 15.7 Å². The number of nitrogens with one attached hydrogen (secondary N) is 2. The molecule has 0 bridgehead atoms. The first-order valence-electron chi connectivity index (χ1n) is 6.58. The third-order valence-electron chi connectivity index (χ3n) is 2.93. The number of guanidine groups is 1. The highest BCUT2D eigenvalue weighted by atomic mass is 127. The normalized spacial score (nSPS) is 14.7. The Kier molecular flexibility index (Phi) is 6.97. The van der Waals surface area contributed by atoms with E-state index in [0.717, 1.165) is 30.5 Å². The van der Waals surface area contributed by atoms with E-state index in [0.29, 0.717) is 12.3 Å². The van der Waals surface area contributed by atoms with Gasteiger partial charge in [-0.2, -0.15) is 0 Å². The van der Waals surface area contributed by atoms with Crippen LogP contribution in [0.3, 0.4) is 0 Å². The van der Waals surface area contributed by atoms with Crippen LogP contribution in [0.15, 0.2) is 29.3 Å². The lowest BCUT2D eigenvalue weighted by Gasteiger charge is -2.10. The zero-order valence-corrected chi connectivity index (χ0v) is 13.6. The van der Waals surface area contributed by atoms with Crippen molar-refractivity contribution in [1.29, 1.82) is 0 Å². The van der Waals surface area contributed by atoms with E-state index in [4.69, 9.17) is 0 Å². The van der Waals surface area contributed by atoms with E-state index in [9.17, 15) is 5.11 Å². The van der Waals surface area contributed by atoms with Crippen molar-refractivity contribution < 1.29 is 5.11 Å². The molecule has 1 fully saturated rings. The fourth-order valence-electron chi connectivity index (χ4n) is 1.73. The van der Waals surface area contributed by atoms with E-state index in [1.54, 1.807) is 12.1 Å². The molecule has 1 aromatic rings. The van der Waals surface area contributed by atoms with Crippen LogP contribution in [0.4, 0.5) is 0 Å². The standard InChI is InChI=1S/C14H21N3O.HI/c1-2-15-14(16-9-11-6-7-11)17-10-12-4-3-5-13(18)8-12;/h3-5,8,11,18H,2,6-7,9-10H2,1H3,(H2,15,16,17);1H. The molecule has 0 radical (unpaired) electrons. The third-order valence-corrected chi connectivity index (χ3v) is 2.93. The fourth-order valence-corrected chi connectivity index (χ4v) is 1.73. The summed E-state index contributed by atoms with van der Waals surface area (Å²) in [6, 6.07) is 7.22. The summed E-state index contributed by atoms with van der Waals surface area (Å²) in [5.74, 6) is 1.97. The Morgan fingerprint density at radius 1 is 1.37 bits per heavy atom. The molecule has 5 heteroatoms. The predicted molar refractivity (Wildman–Crippen MR) is 89.1 cm³/mol. The molecule has 2 rings (SSSR count). The highest BCUT2D eigenvalue weighted by molar-refractivity contribution is 14.0. The van der Waals surface area contributed by atoms with Crippen molar-refractivity contribution in [2.75, 3.05) is 13.1 Å². The van der Waals surface area contributed by atoms with E-state index >= 15 is 0 Å². The van der Waals surface area contributed by atoms with Crippen LogP contribution in [-0.4, -0.2) is 24.2 Å². The van der Waals surface area contributed by atoms with E-state index < -0.39 is 0 Å². The second-order valence-electron chi connectivity index (χ2n) is 4.69. The monoisotopic (exact) mass is 375 g/mol. The van der Waals surface area contributed by atoms with Crippen LogP contribution in [0.5, 0.6) is 5.75 Å².